The lowest BCUT2D eigenvalue weighted by atomic mass is 10.1. The van der Waals surface area contributed by atoms with Crippen LogP contribution >= 0.6 is 11.6 Å². The quantitative estimate of drug-likeness (QED) is 0.784. The largest absolute Gasteiger partial charge is 0.313 e. The van der Waals surface area contributed by atoms with Crippen molar-refractivity contribution >= 4 is 22.8 Å². The molecule has 0 aromatic carbocycles. The van der Waals surface area contributed by atoms with E-state index >= 15 is 0 Å². The number of aromatic nitrogens is 3. The predicted molar refractivity (Wildman–Crippen MR) is 75.9 cm³/mol. The van der Waals surface area contributed by atoms with Gasteiger partial charge in [-0.3, -0.25) is 0 Å². The number of rotatable bonds is 5. The number of aryl methyl sites for hydroxylation is 1. The molecule has 0 aliphatic carbocycles. The number of hydrogen-bond donors (Lipinski definition) is 0. The predicted octanol–water partition coefficient (Wildman–Crippen LogP) is 3.59. The van der Waals surface area contributed by atoms with E-state index in [1.54, 1.807) is 6.20 Å². The third-order valence-corrected chi connectivity index (χ3v) is 3.10. The van der Waals surface area contributed by atoms with Crippen LogP contribution < -0.4 is 0 Å². The molecule has 0 fully saturated rings. The van der Waals surface area contributed by atoms with E-state index in [1.165, 1.54) is 0 Å². The van der Waals surface area contributed by atoms with Crippen molar-refractivity contribution in [3.05, 3.63) is 23.1 Å². The van der Waals surface area contributed by atoms with Crippen molar-refractivity contribution in [2.24, 2.45) is 5.92 Å². The minimum absolute atomic E-state index is 0.530. The lowest BCUT2D eigenvalue weighted by molar-refractivity contribution is 0.566. The third kappa shape index (κ3) is 3.24. The van der Waals surface area contributed by atoms with E-state index < -0.39 is 0 Å². The van der Waals surface area contributed by atoms with Gasteiger partial charge in [0.2, 0.25) is 0 Å². The summed E-state index contributed by atoms with van der Waals surface area (Å²) in [6.07, 6.45) is 3.91. The molecule has 5 heteroatoms. The van der Waals surface area contributed by atoms with Crippen LogP contribution in [0.3, 0.4) is 0 Å². The Morgan fingerprint density at radius 1 is 1.47 bits per heavy atom. The zero-order valence-corrected chi connectivity index (χ0v) is 12.0. The highest BCUT2D eigenvalue weighted by Gasteiger charge is 2.13. The van der Waals surface area contributed by atoms with Gasteiger partial charge < -0.3 is 4.57 Å². The van der Waals surface area contributed by atoms with Crippen molar-refractivity contribution in [2.45, 2.75) is 39.7 Å². The smallest absolute Gasteiger partial charge is 0.160 e. The summed E-state index contributed by atoms with van der Waals surface area (Å²) in [7, 11) is 0. The Morgan fingerprint density at radius 3 is 2.95 bits per heavy atom. The summed E-state index contributed by atoms with van der Waals surface area (Å²) in [5.41, 5.74) is 1.69. The fourth-order valence-electron chi connectivity index (χ4n) is 2.11. The Bertz CT molecular complexity index is 610. The van der Waals surface area contributed by atoms with Gasteiger partial charge in [-0.05, 0) is 18.4 Å². The molecule has 0 spiro atoms. The second-order valence-corrected chi connectivity index (χ2v) is 5.47. The first kappa shape index (κ1) is 13.8. The molecule has 0 bridgehead atoms. The number of imidazole rings is 1. The highest BCUT2D eigenvalue weighted by Crippen LogP contribution is 2.20. The van der Waals surface area contributed by atoms with Gasteiger partial charge in [-0.2, -0.15) is 5.26 Å². The topological polar surface area (TPSA) is 54.5 Å². The molecule has 2 aromatic rings. The van der Waals surface area contributed by atoms with Crippen molar-refractivity contribution in [3.8, 4) is 6.07 Å². The molecule has 0 saturated heterocycles. The highest BCUT2D eigenvalue weighted by atomic mass is 35.5. The van der Waals surface area contributed by atoms with E-state index in [1.807, 2.05) is 6.07 Å². The number of unbranched alkanes of at least 4 members (excludes halogenated alkanes) is 1. The van der Waals surface area contributed by atoms with Crippen molar-refractivity contribution in [1.82, 2.24) is 14.5 Å². The van der Waals surface area contributed by atoms with Crippen LogP contribution in [0.5, 0.6) is 0 Å². The fraction of sp³-hybridized carbons (Fsp3) is 0.500. The lowest BCUT2D eigenvalue weighted by Crippen LogP contribution is -2.07. The number of hydrogen-bond acceptors (Lipinski definition) is 3. The molecule has 0 atom stereocenters. The van der Waals surface area contributed by atoms with Gasteiger partial charge >= 0.3 is 0 Å². The number of pyridine rings is 1. The normalized spacial score (nSPS) is 11.1. The Labute approximate surface area is 118 Å². The first-order valence-corrected chi connectivity index (χ1v) is 6.87. The summed E-state index contributed by atoms with van der Waals surface area (Å²) in [5.74, 6) is 1.56. The molecule has 4 nitrogen and oxygen atoms in total. The van der Waals surface area contributed by atoms with Crippen LogP contribution in [0.4, 0.5) is 0 Å². The molecule has 2 aromatic heterocycles. The summed E-state index contributed by atoms with van der Waals surface area (Å²) >= 11 is 5.96. The first-order chi connectivity index (χ1) is 9.11. The van der Waals surface area contributed by atoms with Crippen LogP contribution in [0.1, 0.15) is 32.5 Å². The van der Waals surface area contributed by atoms with Gasteiger partial charge in [-0.1, -0.05) is 25.4 Å². The molecular formula is C14H17ClN4. The molecule has 0 radical (unpaired) electrons. The SMILES string of the molecule is CC(C)Cc1nc2cc(Cl)cnc2n1CCCC#N. The van der Waals surface area contributed by atoms with Crippen LogP contribution in [-0.4, -0.2) is 14.5 Å². The van der Waals surface area contributed by atoms with E-state index in [-0.39, 0.29) is 0 Å². The summed E-state index contributed by atoms with van der Waals surface area (Å²) in [6, 6.07) is 4.01. The van der Waals surface area contributed by atoms with Crippen LogP contribution in [0.15, 0.2) is 12.3 Å². The molecule has 2 heterocycles. The van der Waals surface area contributed by atoms with Crippen molar-refractivity contribution in [2.75, 3.05) is 0 Å². The van der Waals surface area contributed by atoms with Gasteiger partial charge in [0.15, 0.2) is 5.65 Å². The van der Waals surface area contributed by atoms with Gasteiger partial charge in [0, 0.05) is 25.6 Å². The second kappa shape index (κ2) is 6.03. The Hall–Kier alpha value is -1.60. The van der Waals surface area contributed by atoms with E-state index in [0.29, 0.717) is 17.4 Å². The molecule has 2 rings (SSSR count). The maximum atomic E-state index is 8.65. The average molecular weight is 277 g/mol. The first-order valence-electron chi connectivity index (χ1n) is 6.49. The zero-order valence-electron chi connectivity index (χ0n) is 11.2. The van der Waals surface area contributed by atoms with E-state index in [2.05, 4.69) is 34.5 Å². The van der Waals surface area contributed by atoms with Crippen molar-refractivity contribution in [3.63, 3.8) is 0 Å². The number of halogens is 1. The standard InChI is InChI=1S/C14H17ClN4/c1-10(2)7-13-18-12-8-11(15)9-17-14(12)19(13)6-4-3-5-16/h8-10H,3-4,6-7H2,1-2H3. The van der Waals surface area contributed by atoms with Gasteiger partial charge in [-0.15, -0.1) is 0 Å². The Balaban J connectivity index is 2.40. The monoisotopic (exact) mass is 276 g/mol. The summed E-state index contributed by atoms with van der Waals surface area (Å²) in [6.45, 7) is 5.11. The van der Waals surface area contributed by atoms with Crippen molar-refractivity contribution < 1.29 is 0 Å². The number of nitrogens with zero attached hydrogens (tertiary/aromatic N) is 4. The molecular weight excluding hydrogens is 260 g/mol. The summed E-state index contributed by atoms with van der Waals surface area (Å²) < 4.78 is 2.11. The maximum absolute atomic E-state index is 8.65. The van der Waals surface area contributed by atoms with Crippen LogP contribution in [0, 0.1) is 17.2 Å². The second-order valence-electron chi connectivity index (χ2n) is 5.04. The molecule has 0 N–H and O–H groups in total. The fourth-order valence-corrected chi connectivity index (χ4v) is 2.26. The van der Waals surface area contributed by atoms with Crippen molar-refractivity contribution in [1.29, 1.82) is 5.26 Å². The van der Waals surface area contributed by atoms with Gasteiger partial charge in [0.25, 0.3) is 0 Å². The van der Waals surface area contributed by atoms with E-state index in [0.717, 1.165) is 36.4 Å². The third-order valence-electron chi connectivity index (χ3n) is 2.89. The molecule has 0 unspecified atom stereocenters. The number of nitriles is 1. The minimum Gasteiger partial charge on any atom is -0.313 e. The molecule has 0 amide bonds. The van der Waals surface area contributed by atoms with Gasteiger partial charge in [-0.25, -0.2) is 9.97 Å². The molecule has 0 aliphatic rings. The zero-order chi connectivity index (χ0) is 13.8. The molecule has 100 valence electrons. The average Bonchev–Trinajstić information content (AvgIpc) is 2.66. The molecule has 0 saturated carbocycles. The van der Waals surface area contributed by atoms with Crippen LogP contribution in [0.25, 0.3) is 11.2 Å². The Kier molecular flexibility index (Phi) is 4.39. The molecule has 19 heavy (non-hydrogen) atoms. The van der Waals surface area contributed by atoms with E-state index in [4.69, 9.17) is 16.9 Å². The summed E-state index contributed by atoms with van der Waals surface area (Å²) in [4.78, 5) is 9.00. The Morgan fingerprint density at radius 2 is 2.26 bits per heavy atom. The molecule has 0 aliphatic heterocycles. The van der Waals surface area contributed by atoms with Crippen LogP contribution in [0.2, 0.25) is 5.02 Å². The maximum Gasteiger partial charge on any atom is 0.160 e. The minimum atomic E-state index is 0.530. The number of fused-ring (bicyclic) bond motifs is 1. The van der Waals surface area contributed by atoms with E-state index in [9.17, 15) is 0 Å². The van der Waals surface area contributed by atoms with Crippen LogP contribution in [-0.2, 0) is 13.0 Å². The van der Waals surface area contributed by atoms with Gasteiger partial charge in [0.1, 0.15) is 11.3 Å². The van der Waals surface area contributed by atoms with Gasteiger partial charge in [0.05, 0.1) is 11.1 Å². The highest BCUT2D eigenvalue weighted by molar-refractivity contribution is 6.31. The lowest BCUT2D eigenvalue weighted by Gasteiger charge is -2.09. The summed E-state index contributed by atoms with van der Waals surface area (Å²) in [5, 5.41) is 9.25.